The zero-order chi connectivity index (χ0) is 41.3. The lowest BCUT2D eigenvalue weighted by Gasteiger charge is -2.33. The van der Waals surface area contributed by atoms with Crippen LogP contribution in [0, 0.1) is 11.7 Å². The molecule has 2 aliphatic carbocycles. The number of fused-ring (bicyclic) bond motifs is 1. The number of hydrogen-bond donors (Lipinski definition) is 3. The Hall–Kier alpha value is -4.92. The van der Waals surface area contributed by atoms with Gasteiger partial charge in [-0.3, -0.25) is 29.3 Å². The molecule has 60 heavy (non-hydrogen) atoms. The Kier molecular flexibility index (Phi) is 11.9. The second-order valence-corrected chi connectivity index (χ2v) is 17.7. The van der Waals surface area contributed by atoms with Gasteiger partial charge in [-0.15, -0.1) is 0 Å². The lowest BCUT2D eigenvalue weighted by molar-refractivity contribution is -0.136. The molecule has 13 nitrogen and oxygen atoms in total. The molecule has 1 atom stereocenters. The van der Waals surface area contributed by atoms with E-state index in [1.54, 1.807) is 12.3 Å². The van der Waals surface area contributed by atoms with Crippen LogP contribution >= 0.6 is 11.6 Å². The van der Waals surface area contributed by atoms with Gasteiger partial charge in [0.05, 0.1) is 23.1 Å². The molecule has 2 aromatic heterocycles. The molecule has 4 fully saturated rings. The number of piperidine rings is 2. The summed E-state index contributed by atoms with van der Waals surface area (Å²) < 4.78 is 22.9. The Morgan fingerprint density at radius 3 is 2.45 bits per heavy atom. The minimum atomic E-state index is -0.718. The summed E-state index contributed by atoms with van der Waals surface area (Å²) >= 11 is 6.59. The van der Waals surface area contributed by atoms with Gasteiger partial charge < -0.3 is 20.3 Å². The number of rotatable bonds is 14. The SMILES string of the molecule is Cn1ncc(-c2nc(NC3CCC(NCCOc4ccc(CN5CCC(c6cc(F)cc7c6CN(C6CCC(=O)NC6=O)C7=O)CC5)cc4)CC3)ncc2Cl)c1CC1CC1. The number of carbonyl (C=O) groups is 3. The third-order valence-corrected chi connectivity index (χ3v) is 13.4. The van der Waals surface area contributed by atoms with Crippen molar-refractivity contribution in [1.82, 2.24) is 40.2 Å². The van der Waals surface area contributed by atoms with E-state index < -0.39 is 17.8 Å². The van der Waals surface area contributed by atoms with Crippen LogP contribution < -0.4 is 20.7 Å². The van der Waals surface area contributed by atoms with Crippen molar-refractivity contribution in [3.05, 3.63) is 87.6 Å². The van der Waals surface area contributed by atoms with Crippen molar-refractivity contribution in [2.45, 2.75) is 108 Å². The smallest absolute Gasteiger partial charge is 0.255 e. The molecule has 0 bridgehead atoms. The van der Waals surface area contributed by atoms with E-state index in [2.05, 4.69) is 43.1 Å². The Morgan fingerprint density at radius 2 is 1.70 bits per heavy atom. The summed E-state index contributed by atoms with van der Waals surface area (Å²) in [6, 6.07) is 11.2. The Labute approximate surface area is 354 Å². The number of hydrogen-bond acceptors (Lipinski definition) is 10. The van der Waals surface area contributed by atoms with E-state index in [0.717, 1.165) is 105 Å². The van der Waals surface area contributed by atoms with Gasteiger partial charge in [-0.1, -0.05) is 23.7 Å². The third-order valence-electron chi connectivity index (χ3n) is 13.1. The Bertz CT molecular complexity index is 2230. The monoisotopic (exact) mass is 837 g/mol. The van der Waals surface area contributed by atoms with Crippen molar-refractivity contribution < 1.29 is 23.5 Å². The van der Waals surface area contributed by atoms with Gasteiger partial charge in [0.15, 0.2) is 0 Å². The van der Waals surface area contributed by atoms with Gasteiger partial charge in [0.25, 0.3) is 5.91 Å². The van der Waals surface area contributed by atoms with Gasteiger partial charge in [-0.2, -0.15) is 5.10 Å². The predicted molar refractivity (Wildman–Crippen MR) is 225 cm³/mol. The summed E-state index contributed by atoms with van der Waals surface area (Å²) in [4.78, 5) is 50.8. The highest BCUT2D eigenvalue weighted by atomic mass is 35.5. The first-order chi connectivity index (χ1) is 29.1. The largest absolute Gasteiger partial charge is 0.492 e. The molecule has 2 aromatic carbocycles. The van der Waals surface area contributed by atoms with Crippen LogP contribution in [0.25, 0.3) is 11.3 Å². The van der Waals surface area contributed by atoms with E-state index in [9.17, 15) is 18.8 Å². The number of imide groups is 1. The van der Waals surface area contributed by atoms with E-state index in [0.29, 0.717) is 35.2 Å². The highest BCUT2D eigenvalue weighted by Gasteiger charge is 2.41. The molecule has 9 rings (SSSR count). The molecule has 3 aliphatic heterocycles. The molecule has 2 saturated heterocycles. The summed E-state index contributed by atoms with van der Waals surface area (Å²) in [5.41, 5.74) is 6.15. The zero-order valence-electron chi connectivity index (χ0n) is 34.1. The topological polar surface area (TPSA) is 147 Å². The van der Waals surface area contributed by atoms with E-state index in [1.807, 2.05) is 30.1 Å². The molecular weight excluding hydrogens is 785 g/mol. The van der Waals surface area contributed by atoms with E-state index in [1.165, 1.54) is 35.1 Å². The number of carbonyl (C=O) groups excluding carboxylic acids is 3. The molecule has 1 unspecified atom stereocenters. The molecule has 15 heteroatoms. The molecule has 0 radical (unpaired) electrons. The number of anilines is 1. The van der Waals surface area contributed by atoms with Crippen LogP contribution in [0.2, 0.25) is 5.02 Å². The fourth-order valence-corrected chi connectivity index (χ4v) is 9.74. The van der Waals surface area contributed by atoms with Gasteiger partial charge in [0, 0.05) is 62.0 Å². The first-order valence-corrected chi connectivity index (χ1v) is 22.0. The fourth-order valence-electron chi connectivity index (χ4n) is 9.55. The van der Waals surface area contributed by atoms with Crippen molar-refractivity contribution in [2.75, 3.05) is 31.6 Å². The van der Waals surface area contributed by atoms with Gasteiger partial charge in [0.1, 0.15) is 24.2 Å². The Morgan fingerprint density at radius 1 is 0.933 bits per heavy atom. The average Bonchev–Trinajstić information content (AvgIpc) is 3.92. The number of likely N-dealkylation sites (tertiary alicyclic amines) is 1. The molecular formula is C45H53ClFN9O4. The number of nitrogens with zero attached hydrogens (tertiary/aromatic N) is 6. The first-order valence-electron chi connectivity index (χ1n) is 21.6. The molecule has 2 saturated carbocycles. The highest BCUT2D eigenvalue weighted by Crippen LogP contribution is 2.39. The van der Waals surface area contributed by atoms with E-state index in [4.69, 9.17) is 21.3 Å². The maximum atomic E-state index is 14.9. The molecule has 3 amide bonds. The van der Waals surface area contributed by atoms with Crippen molar-refractivity contribution in [1.29, 1.82) is 0 Å². The quantitative estimate of drug-likeness (QED) is 0.0999. The van der Waals surface area contributed by atoms with E-state index in [-0.39, 0.29) is 37.1 Å². The number of benzene rings is 2. The lowest BCUT2D eigenvalue weighted by Crippen LogP contribution is -2.52. The fraction of sp³-hybridized carbons (Fsp3) is 0.511. The zero-order valence-corrected chi connectivity index (χ0v) is 34.9. The number of nitrogens with one attached hydrogen (secondary N) is 3. The van der Waals surface area contributed by atoms with Crippen LogP contribution in [0.3, 0.4) is 0 Å². The summed E-state index contributed by atoms with van der Waals surface area (Å²) in [6.07, 6.45) is 13.4. The minimum absolute atomic E-state index is 0.122. The normalized spacial score (nSPS) is 22.6. The number of aryl methyl sites for hydroxylation is 1. The molecule has 0 spiro atoms. The lowest BCUT2D eigenvalue weighted by atomic mass is 9.85. The van der Waals surface area contributed by atoms with Crippen LogP contribution in [0.15, 0.2) is 48.8 Å². The number of aromatic nitrogens is 4. The van der Waals surface area contributed by atoms with Crippen molar-refractivity contribution in [3.8, 4) is 17.0 Å². The maximum Gasteiger partial charge on any atom is 0.255 e. The highest BCUT2D eigenvalue weighted by molar-refractivity contribution is 6.33. The van der Waals surface area contributed by atoms with Crippen LogP contribution in [0.5, 0.6) is 5.75 Å². The van der Waals surface area contributed by atoms with E-state index >= 15 is 0 Å². The molecule has 3 N–H and O–H groups in total. The minimum Gasteiger partial charge on any atom is -0.492 e. The Balaban J connectivity index is 0.690. The molecule has 4 aromatic rings. The number of halogens is 2. The van der Waals surface area contributed by atoms with Crippen LogP contribution in [0.4, 0.5) is 10.3 Å². The molecule has 316 valence electrons. The predicted octanol–water partition coefficient (Wildman–Crippen LogP) is 6.15. The summed E-state index contributed by atoms with van der Waals surface area (Å²) in [7, 11) is 1.99. The number of ether oxygens (including phenoxy) is 1. The summed E-state index contributed by atoms with van der Waals surface area (Å²) in [6.45, 7) is 4.14. The van der Waals surface area contributed by atoms with Crippen LogP contribution in [0.1, 0.15) is 103 Å². The second kappa shape index (κ2) is 17.6. The third kappa shape index (κ3) is 9.06. The first kappa shape index (κ1) is 40.5. The standard InChI is InChI=1S/C45H53ClFN9O4/c1-54-40(20-27-2-3-27)36(23-50-54)42-38(46)24-49-45(53-42)51-32-8-6-31(7-9-32)48-16-19-60-33-10-4-28(5-11-33)25-55-17-14-29(15-18-55)34-21-30(47)22-35-37(34)26-56(44(35)59)39-12-13-41(57)52-43(39)58/h4-5,10-11,21-24,27,29,31-32,39,48H,2-3,6-9,12-20,25-26H2,1H3,(H,49,51,53)(H,52,57,58). The second-order valence-electron chi connectivity index (χ2n) is 17.3. The van der Waals surface area contributed by atoms with Gasteiger partial charge in [0.2, 0.25) is 17.8 Å². The van der Waals surface area contributed by atoms with Gasteiger partial charge in [-0.05, 0) is 130 Å². The van der Waals surface area contributed by atoms with Crippen LogP contribution in [-0.4, -0.2) is 91.6 Å². The molecule has 5 heterocycles. The van der Waals surface area contributed by atoms with Crippen LogP contribution in [-0.2, 0) is 36.1 Å². The van der Waals surface area contributed by atoms with Gasteiger partial charge in [-0.25, -0.2) is 14.4 Å². The number of amides is 3. The van der Waals surface area contributed by atoms with Crippen molar-refractivity contribution in [3.63, 3.8) is 0 Å². The summed E-state index contributed by atoms with van der Waals surface area (Å²) in [5, 5.41) is 14.6. The van der Waals surface area contributed by atoms with Crippen molar-refractivity contribution >= 4 is 35.3 Å². The van der Waals surface area contributed by atoms with Gasteiger partial charge >= 0.3 is 0 Å². The maximum absolute atomic E-state index is 14.9. The summed E-state index contributed by atoms with van der Waals surface area (Å²) in [5.74, 6) is 0.754. The molecule has 5 aliphatic rings. The van der Waals surface area contributed by atoms with Crippen molar-refractivity contribution in [2.24, 2.45) is 13.0 Å². The average molecular weight is 838 g/mol.